The fraction of sp³-hybridized carbons (Fsp3) is 0.800. The molecular weight excluding hydrogens is 178 g/mol. The van der Waals surface area contributed by atoms with Gasteiger partial charge < -0.3 is 9.73 Å². The van der Waals surface area contributed by atoms with E-state index in [4.69, 9.17) is 4.42 Å². The second-order valence-corrected chi connectivity index (χ2v) is 3.30. The summed E-state index contributed by atoms with van der Waals surface area (Å²) in [6.07, 6.45) is 4.02. The minimum Gasteiger partial charge on any atom is -0.425 e. The molecule has 1 aromatic heterocycles. The van der Waals surface area contributed by atoms with Crippen LogP contribution in [0.3, 0.4) is 0 Å². The summed E-state index contributed by atoms with van der Waals surface area (Å²) in [6.45, 7) is 6.13. The van der Waals surface area contributed by atoms with Crippen molar-refractivity contribution in [1.82, 2.24) is 15.5 Å². The Morgan fingerprint density at radius 1 is 1.14 bits per heavy atom. The van der Waals surface area contributed by atoms with E-state index < -0.39 is 0 Å². The SMILES string of the molecule is CCCCc1nnc(CCNCC)o1. The number of aromatic nitrogens is 2. The Morgan fingerprint density at radius 2 is 1.86 bits per heavy atom. The van der Waals surface area contributed by atoms with E-state index in [-0.39, 0.29) is 0 Å². The lowest BCUT2D eigenvalue weighted by molar-refractivity contribution is 0.439. The zero-order valence-electron chi connectivity index (χ0n) is 9.05. The number of hydrogen-bond acceptors (Lipinski definition) is 4. The maximum Gasteiger partial charge on any atom is 0.217 e. The fourth-order valence-corrected chi connectivity index (χ4v) is 1.19. The minimum atomic E-state index is 0.747. The Kier molecular flexibility index (Phi) is 5.22. The van der Waals surface area contributed by atoms with E-state index in [2.05, 4.69) is 29.4 Å². The zero-order valence-corrected chi connectivity index (χ0v) is 9.05. The zero-order chi connectivity index (χ0) is 10.2. The summed E-state index contributed by atoms with van der Waals surface area (Å²) in [4.78, 5) is 0. The van der Waals surface area contributed by atoms with Gasteiger partial charge in [0.25, 0.3) is 0 Å². The monoisotopic (exact) mass is 197 g/mol. The highest BCUT2D eigenvalue weighted by molar-refractivity contribution is 4.82. The van der Waals surface area contributed by atoms with Crippen molar-refractivity contribution in [1.29, 1.82) is 0 Å². The van der Waals surface area contributed by atoms with Crippen molar-refractivity contribution >= 4 is 0 Å². The van der Waals surface area contributed by atoms with Gasteiger partial charge in [0.1, 0.15) is 0 Å². The number of nitrogens with one attached hydrogen (secondary N) is 1. The van der Waals surface area contributed by atoms with Crippen LogP contribution in [-0.2, 0) is 12.8 Å². The number of hydrogen-bond donors (Lipinski definition) is 1. The maximum atomic E-state index is 5.47. The third kappa shape index (κ3) is 3.87. The Hall–Kier alpha value is -0.900. The standard InChI is InChI=1S/C10H19N3O/c1-3-5-6-9-12-13-10(14-9)7-8-11-4-2/h11H,3-8H2,1-2H3. The van der Waals surface area contributed by atoms with Crippen LogP contribution in [0.5, 0.6) is 0 Å². The van der Waals surface area contributed by atoms with Crippen LogP contribution in [0.15, 0.2) is 4.42 Å². The summed E-state index contributed by atoms with van der Waals surface area (Å²) in [7, 11) is 0. The van der Waals surface area contributed by atoms with Gasteiger partial charge in [-0.25, -0.2) is 0 Å². The summed E-state index contributed by atoms with van der Waals surface area (Å²) < 4.78 is 5.47. The normalized spacial score (nSPS) is 10.7. The number of nitrogens with zero attached hydrogens (tertiary/aromatic N) is 2. The van der Waals surface area contributed by atoms with Crippen LogP contribution < -0.4 is 5.32 Å². The molecule has 0 spiro atoms. The highest BCUT2D eigenvalue weighted by Gasteiger charge is 2.04. The van der Waals surface area contributed by atoms with Crippen molar-refractivity contribution in [2.24, 2.45) is 0 Å². The summed E-state index contributed by atoms with van der Waals surface area (Å²) in [6, 6.07) is 0. The van der Waals surface area contributed by atoms with Gasteiger partial charge in [-0.05, 0) is 13.0 Å². The molecule has 1 heterocycles. The molecule has 14 heavy (non-hydrogen) atoms. The van der Waals surface area contributed by atoms with Crippen molar-refractivity contribution < 1.29 is 4.42 Å². The maximum absolute atomic E-state index is 5.47. The van der Waals surface area contributed by atoms with E-state index in [1.807, 2.05) is 0 Å². The topological polar surface area (TPSA) is 51.0 Å². The van der Waals surface area contributed by atoms with Gasteiger partial charge in [-0.2, -0.15) is 0 Å². The van der Waals surface area contributed by atoms with Crippen molar-refractivity contribution in [2.75, 3.05) is 13.1 Å². The van der Waals surface area contributed by atoms with Crippen LogP contribution in [0, 0.1) is 0 Å². The van der Waals surface area contributed by atoms with E-state index in [1.54, 1.807) is 0 Å². The summed E-state index contributed by atoms with van der Waals surface area (Å²) in [5.41, 5.74) is 0. The lowest BCUT2D eigenvalue weighted by Gasteiger charge is -1.95. The predicted molar refractivity (Wildman–Crippen MR) is 55.2 cm³/mol. The molecule has 0 saturated heterocycles. The van der Waals surface area contributed by atoms with Gasteiger partial charge in [0.2, 0.25) is 11.8 Å². The van der Waals surface area contributed by atoms with Gasteiger partial charge in [0.15, 0.2) is 0 Å². The molecule has 4 nitrogen and oxygen atoms in total. The van der Waals surface area contributed by atoms with E-state index in [0.29, 0.717) is 0 Å². The van der Waals surface area contributed by atoms with Crippen LogP contribution in [0.25, 0.3) is 0 Å². The molecule has 0 aliphatic rings. The van der Waals surface area contributed by atoms with Crippen LogP contribution in [-0.4, -0.2) is 23.3 Å². The molecule has 1 aromatic rings. The molecule has 0 radical (unpaired) electrons. The van der Waals surface area contributed by atoms with Crippen LogP contribution in [0.4, 0.5) is 0 Å². The van der Waals surface area contributed by atoms with E-state index in [1.165, 1.54) is 0 Å². The van der Waals surface area contributed by atoms with Crippen molar-refractivity contribution in [3.05, 3.63) is 11.8 Å². The summed E-state index contributed by atoms with van der Waals surface area (Å²) in [5.74, 6) is 1.52. The van der Waals surface area contributed by atoms with Crippen LogP contribution in [0.1, 0.15) is 38.5 Å². The molecular formula is C10H19N3O. The van der Waals surface area contributed by atoms with E-state index in [9.17, 15) is 0 Å². The van der Waals surface area contributed by atoms with Crippen molar-refractivity contribution in [3.63, 3.8) is 0 Å². The van der Waals surface area contributed by atoms with E-state index >= 15 is 0 Å². The average molecular weight is 197 g/mol. The number of rotatable bonds is 7. The number of aryl methyl sites for hydroxylation is 1. The van der Waals surface area contributed by atoms with E-state index in [0.717, 1.165) is 50.6 Å². The molecule has 0 saturated carbocycles. The van der Waals surface area contributed by atoms with Gasteiger partial charge in [-0.15, -0.1) is 10.2 Å². The first-order valence-corrected chi connectivity index (χ1v) is 5.38. The molecule has 0 aromatic carbocycles. The van der Waals surface area contributed by atoms with Gasteiger partial charge in [0.05, 0.1) is 0 Å². The lowest BCUT2D eigenvalue weighted by Crippen LogP contribution is -2.16. The van der Waals surface area contributed by atoms with Crippen LogP contribution in [0.2, 0.25) is 0 Å². The number of unbranched alkanes of at least 4 members (excludes halogenated alkanes) is 1. The molecule has 0 amide bonds. The second kappa shape index (κ2) is 6.54. The smallest absolute Gasteiger partial charge is 0.217 e. The molecule has 0 fully saturated rings. The van der Waals surface area contributed by atoms with Gasteiger partial charge in [0, 0.05) is 19.4 Å². The molecule has 0 unspecified atom stereocenters. The van der Waals surface area contributed by atoms with Crippen molar-refractivity contribution in [2.45, 2.75) is 39.5 Å². The molecule has 0 atom stereocenters. The quantitative estimate of drug-likeness (QED) is 0.674. The Bertz CT molecular complexity index is 247. The molecule has 1 N–H and O–H groups in total. The Morgan fingerprint density at radius 3 is 2.50 bits per heavy atom. The molecule has 80 valence electrons. The first-order chi connectivity index (χ1) is 6.86. The molecule has 0 aliphatic carbocycles. The fourth-order valence-electron chi connectivity index (χ4n) is 1.19. The summed E-state index contributed by atoms with van der Waals surface area (Å²) in [5, 5.41) is 11.2. The molecule has 4 heteroatoms. The molecule has 0 bridgehead atoms. The van der Waals surface area contributed by atoms with Gasteiger partial charge in [-0.3, -0.25) is 0 Å². The first-order valence-electron chi connectivity index (χ1n) is 5.38. The lowest BCUT2D eigenvalue weighted by atomic mass is 10.2. The highest BCUT2D eigenvalue weighted by atomic mass is 16.4. The predicted octanol–water partition coefficient (Wildman–Crippen LogP) is 1.56. The van der Waals surface area contributed by atoms with Gasteiger partial charge >= 0.3 is 0 Å². The van der Waals surface area contributed by atoms with Crippen molar-refractivity contribution in [3.8, 4) is 0 Å². The van der Waals surface area contributed by atoms with Gasteiger partial charge in [-0.1, -0.05) is 20.3 Å². The number of likely N-dealkylation sites (N-methyl/N-ethyl adjacent to an activating group) is 1. The first kappa shape index (κ1) is 11.2. The molecule has 1 rings (SSSR count). The summed E-state index contributed by atoms with van der Waals surface area (Å²) >= 11 is 0. The third-order valence-corrected chi connectivity index (χ3v) is 2.02. The van der Waals surface area contributed by atoms with Crippen LogP contribution >= 0.6 is 0 Å². The second-order valence-electron chi connectivity index (χ2n) is 3.30. The highest BCUT2D eigenvalue weighted by Crippen LogP contribution is 2.04. The third-order valence-electron chi connectivity index (χ3n) is 2.02. The Labute approximate surface area is 85.1 Å². The Balaban J connectivity index is 2.27. The largest absolute Gasteiger partial charge is 0.425 e. The minimum absolute atomic E-state index is 0.747. The molecule has 0 aliphatic heterocycles. The average Bonchev–Trinajstić information content (AvgIpc) is 2.63.